The molecule has 23 heavy (non-hydrogen) atoms. The lowest BCUT2D eigenvalue weighted by Crippen LogP contribution is -2.05. The number of hydrogen-bond acceptors (Lipinski definition) is 4. The highest BCUT2D eigenvalue weighted by Gasteiger charge is 2.08. The molecule has 7 nitrogen and oxygen atoms in total. The zero-order valence-electron chi connectivity index (χ0n) is 12.3. The number of carbonyl (C=O) groups is 2. The number of aromatic carboxylic acids is 1. The second-order valence-electron chi connectivity index (χ2n) is 5.01. The Hall–Kier alpha value is -3.35. The van der Waals surface area contributed by atoms with Crippen molar-refractivity contribution in [3.05, 3.63) is 48.0 Å². The van der Waals surface area contributed by atoms with E-state index in [0.29, 0.717) is 22.7 Å². The van der Waals surface area contributed by atoms with E-state index in [1.165, 1.54) is 19.1 Å². The molecule has 0 saturated carbocycles. The average Bonchev–Trinajstić information content (AvgIpc) is 2.87. The fourth-order valence-corrected chi connectivity index (χ4v) is 2.22. The zero-order chi connectivity index (χ0) is 16.4. The molecule has 3 aromatic rings. The number of aromatic amines is 1. The molecule has 4 N–H and O–H groups in total. The number of benzene rings is 2. The number of carboxylic acid groups (broad SMARTS) is 1. The van der Waals surface area contributed by atoms with Gasteiger partial charge in [0.1, 0.15) is 0 Å². The van der Waals surface area contributed by atoms with Gasteiger partial charge in [-0.1, -0.05) is 6.07 Å². The number of nitrogens with zero attached hydrogens (tertiary/aromatic N) is 1. The molecule has 1 aromatic heterocycles. The lowest BCUT2D eigenvalue weighted by atomic mass is 10.2. The summed E-state index contributed by atoms with van der Waals surface area (Å²) < 4.78 is 0. The van der Waals surface area contributed by atoms with Crippen LogP contribution in [0.5, 0.6) is 0 Å². The third kappa shape index (κ3) is 3.29. The highest BCUT2D eigenvalue weighted by molar-refractivity contribution is 5.93. The average molecular weight is 310 g/mol. The standard InChI is InChI=1S/C16H14N4O3/c1-9(21)17-11-3-2-4-12(8-11)18-16-19-13-6-5-10(15(22)23)7-14(13)20-16/h2-8H,1H3,(H,17,21)(H,22,23)(H2,18,19,20). The summed E-state index contributed by atoms with van der Waals surface area (Å²) in [7, 11) is 0. The highest BCUT2D eigenvalue weighted by atomic mass is 16.4. The molecule has 0 unspecified atom stereocenters. The fraction of sp³-hybridized carbons (Fsp3) is 0.0625. The van der Waals surface area contributed by atoms with Crippen molar-refractivity contribution in [3.63, 3.8) is 0 Å². The third-order valence-electron chi connectivity index (χ3n) is 3.17. The minimum absolute atomic E-state index is 0.146. The summed E-state index contributed by atoms with van der Waals surface area (Å²) in [6.07, 6.45) is 0. The van der Waals surface area contributed by atoms with E-state index < -0.39 is 5.97 Å². The highest BCUT2D eigenvalue weighted by Crippen LogP contribution is 2.21. The molecule has 0 aliphatic rings. The molecule has 0 fully saturated rings. The van der Waals surface area contributed by atoms with Crippen LogP contribution in [0, 0.1) is 0 Å². The minimum Gasteiger partial charge on any atom is -0.478 e. The number of fused-ring (bicyclic) bond motifs is 1. The van der Waals surface area contributed by atoms with Crippen molar-refractivity contribution in [1.82, 2.24) is 9.97 Å². The Bertz CT molecular complexity index is 901. The first kappa shape index (κ1) is 14.6. The van der Waals surface area contributed by atoms with Crippen LogP contribution in [-0.4, -0.2) is 27.0 Å². The summed E-state index contributed by atoms with van der Waals surface area (Å²) >= 11 is 0. The van der Waals surface area contributed by atoms with Crippen molar-refractivity contribution >= 4 is 40.2 Å². The number of imidazole rings is 1. The Balaban J connectivity index is 1.86. The number of carboxylic acids is 1. The van der Waals surface area contributed by atoms with Gasteiger partial charge < -0.3 is 20.7 Å². The summed E-state index contributed by atoms with van der Waals surface area (Å²) in [4.78, 5) is 29.5. The summed E-state index contributed by atoms with van der Waals surface area (Å²) in [5.74, 6) is -0.645. The predicted octanol–water partition coefficient (Wildman–Crippen LogP) is 2.96. The second kappa shape index (κ2) is 5.80. The SMILES string of the molecule is CC(=O)Nc1cccc(Nc2nc3ccc(C(=O)O)cc3[nH]2)c1. The van der Waals surface area contributed by atoms with Gasteiger partial charge >= 0.3 is 5.97 Å². The third-order valence-corrected chi connectivity index (χ3v) is 3.17. The number of aromatic nitrogens is 2. The monoisotopic (exact) mass is 310 g/mol. The first-order chi connectivity index (χ1) is 11.0. The van der Waals surface area contributed by atoms with E-state index in [-0.39, 0.29) is 11.5 Å². The molecular formula is C16H14N4O3. The van der Waals surface area contributed by atoms with Crippen molar-refractivity contribution in [2.75, 3.05) is 10.6 Å². The Morgan fingerprint density at radius 1 is 1.13 bits per heavy atom. The molecule has 0 atom stereocenters. The number of hydrogen-bond donors (Lipinski definition) is 4. The fourth-order valence-electron chi connectivity index (χ4n) is 2.22. The predicted molar refractivity (Wildman–Crippen MR) is 87.1 cm³/mol. The minimum atomic E-state index is -0.987. The first-order valence-corrected chi connectivity index (χ1v) is 6.89. The van der Waals surface area contributed by atoms with E-state index in [0.717, 1.165) is 5.69 Å². The molecule has 2 aromatic carbocycles. The maximum atomic E-state index is 11.1. The van der Waals surface area contributed by atoms with Crippen molar-refractivity contribution in [3.8, 4) is 0 Å². The Morgan fingerprint density at radius 2 is 1.91 bits per heavy atom. The molecule has 116 valence electrons. The summed E-state index contributed by atoms with van der Waals surface area (Å²) in [5, 5.41) is 14.8. The van der Waals surface area contributed by atoms with Crippen molar-refractivity contribution in [2.24, 2.45) is 0 Å². The Kier molecular flexibility index (Phi) is 3.68. The topological polar surface area (TPSA) is 107 Å². The van der Waals surface area contributed by atoms with Crippen molar-refractivity contribution < 1.29 is 14.7 Å². The van der Waals surface area contributed by atoms with E-state index in [2.05, 4.69) is 20.6 Å². The molecule has 1 amide bonds. The smallest absolute Gasteiger partial charge is 0.335 e. The van der Waals surface area contributed by atoms with Crippen LogP contribution in [-0.2, 0) is 4.79 Å². The van der Waals surface area contributed by atoms with Gasteiger partial charge in [0.25, 0.3) is 0 Å². The van der Waals surface area contributed by atoms with Crippen LogP contribution >= 0.6 is 0 Å². The van der Waals surface area contributed by atoms with Gasteiger partial charge in [-0.05, 0) is 36.4 Å². The van der Waals surface area contributed by atoms with Gasteiger partial charge in [0.05, 0.1) is 16.6 Å². The van der Waals surface area contributed by atoms with Crippen molar-refractivity contribution in [2.45, 2.75) is 6.92 Å². The second-order valence-corrected chi connectivity index (χ2v) is 5.01. The lowest BCUT2D eigenvalue weighted by Gasteiger charge is -2.06. The molecule has 0 aliphatic carbocycles. The number of H-pyrrole nitrogens is 1. The van der Waals surface area contributed by atoms with Gasteiger partial charge in [0, 0.05) is 18.3 Å². The number of nitrogens with one attached hydrogen (secondary N) is 3. The van der Waals surface area contributed by atoms with Gasteiger partial charge in [-0.15, -0.1) is 0 Å². The molecule has 1 heterocycles. The van der Waals surface area contributed by atoms with Gasteiger partial charge in [0.15, 0.2) is 0 Å². The summed E-state index contributed by atoms with van der Waals surface area (Å²) in [6, 6.07) is 11.9. The summed E-state index contributed by atoms with van der Waals surface area (Å²) in [6.45, 7) is 1.44. The molecule has 0 aliphatic heterocycles. The summed E-state index contributed by atoms with van der Waals surface area (Å²) in [5.41, 5.74) is 2.90. The van der Waals surface area contributed by atoms with Crippen LogP contribution in [0.1, 0.15) is 17.3 Å². The zero-order valence-corrected chi connectivity index (χ0v) is 12.3. The number of carbonyl (C=O) groups excluding carboxylic acids is 1. The maximum absolute atomic E-state index is 11.1. The first-order valence-electron chi connectivity index (χ1n) is 6.89. The van der Waals surface area contributed by atoms with E-state index in [1.54, 1.807) is 24.3 Å². The van der Waals surface area contributed by atoms with Gasteiger partial charge in [-0.2, -0.15) is 0 Å². The van der Waals surface area contributed by atoms with E-state index in [4.69, 9.17) is 5.11 Å². The normalized spacial score (nSPS) is 10.5. The molecule has 0 bridgehead atoms. The van der Waals surface area contributed by atoms with E-state index in [1.807, 2.05) is 6.07 Å². The van der Waals surface area contributed by atoms with E-state index >= 15 is 0 Å². The van der Waals surface area contributed by atoms with Crippen LogP contribution in [0.25, 0.3) is 11.0 Å². The lowest BCUT2D eigenvalue weighted by molar-refractivity contribution is -0.114. The number of amides is 1. The molecule has 0 spiro atoms. The van der Waals surface area contributed by atoms with Crippen LogP contribution in [0.4, 0.5) is 17.3 Å². The molecule has 3 rings (SSSR count). The van der Waals surface area contributed by atoms with Crippen LogP contribution in [0.2, 0.25) is 0 Å². The van der Waals surface area contributed by atoms with Crippen LogP contribution in [0.15, 0.2) is 42.5 Å². The van der Waals surface area contributed by atoms with Crippen LogP contribution < -0.4 is 10.6 Å². The van der Waals surface area contributed by atoms with Crippen LogP contribution in [0.3, 0.4) is 0 Å². The molecule has 0 radical (unpaired) electrons. The Morgan fingerprint density at radius 3 is 2.65 bits per heavy atom. The quantitative estimate of drug-likeness (QED) is 0.592. The largest absolute Gasteiger partial charge is 0.478 e. The Labute approximate surface area is 131 Å². The number of anilines is 3. The van der Waals surface area contributed by atoms with Gasteiger partial charge in [-0.25, -0.2) is 9.78 Å². The van der Waals surface area contributed by atoms with Gasteiger partial charge in [0.2, 0.25) is 11.9 Å². The molecule has 0 saturated heterocycles. The molecule has 7 heteroatoms. The van der Waals surface area contributed by atoms with Gasteiger partial charge in [-0.3, -0.25) is 4.79 Å². The molecular weight excluding hydrogens is 296 g/mol. The van der Waals surface area contributed by atoms with E-state index in [9.17, 15) is 9.59 Å². The number of rotatable bonds is 4. The van der Waals surface area contributed by atoms with Crippen molar-refractivity contribution in [1.29, 1.82) is 0 Å². The maximum Gasteiger partial charge on any atom is 0.335 e.